The Hall–Kier alpha value is -4.43. The molecule has 2 heterocycles. The van der Waals surface area contributed by atoms with Crippen molar-refractivity contribution in [2.24, 2.45) is 0 Å². The number of fused-ring (bicyclic) bond motifs is 1. The van der Waals surface area contributed by atoms with Gasteiger partial charge in [-0.15, -0.1) is 16.8 Å². The molecule has 0 radical (unpaired) electrons. The first-order valence-corrected chi connectivity index (χ1v) is 12.7. The van der Waals surface area contributed by atoms with Crippen molar-refractivity contribution in [2.75, 3.05) is 18.2 Å². The molecular weight excluding hydrogens is 482 g/mol. The molecule has 0 spiro atoms. The standard InChI is InChI=1S/C29H25N5O2S/c1-3-16-34-28(32-33-29(34)37-19-27(35)30-21-12-9-13-22(17-21)36-2)24-18-26(20-10-5-4-6-11-20)31-25-15-8-7-14-23(24)25/h3-15,17-18H,1,16,19H2,2H3,(H,30,35). The topological polar surface area (TPSA) is 81.9 Å². The first-order chi connectivity index (χ1) is 18.2. The monoisotopic (exact) mass is 507 g/mol. The summed E-state index contributed by atoms with van der Waals surface area (Å²) in [5, 5.41) is 13.5. The summed E-state index contributed by atoms with van der Waals surface area (Å²) in [6, 6.07) is 27.4. The number of amides is 1. The van der Waals surface area contributed by atoms with E-state index in [0.717, 1.165) is 27.7 Å². The van der Waals surface area contributed by atoms with Gasteiger partial charge in [0.15, 0.2) is 11.0 Å². The van der Waals surface area contributed by atoms with Crippen LogP contribution in [0.2, 0.25) is 0 Å². The summed E-state index contributed by atoms with van der Waals surface area (Å²) in [7, 11) is 1.59. The van der Waals surface area contributed by atoms with Crippen LogP contribution in [-0.4, -0.2) is 38.5 Å². The summed E-state index contributed by atoms with van der Waals surface area (Å²) in [5.74, 6) is 1.42. The van der Waals surface area contributed by atoms with Gasteiger partial charge in [0, 0.05) is 34.8 Å². The lowest BCUT2D eigenvalue weighted by Crippen LogP contribution is -2.14. The van der Waals surface area contributed by atoms with Gasteiger partial charge in [0.2, 0.25) is 5.91 Å². The molecule has 1 N–H and O–H groups in total. The Bertz CT molecular complexity index is 1570. The SMILES string of the molecule is C=CCn1c(SCC(=O)Nc2cccc(OC)c2)nnc1-c1cc(-c2ccccc2)nc2ccccc12. The number of benzene rings is 3. The van der Waals surface area contributed by atoms with E-state index in [1.54, 1.807) is 19.3 Å². The fourth-order valence-electron chi connectivity index (χ4n) is 4.03. The van der Waals surface area contributed by atoms with Crippen molar-refractivity contribution >= 4 is 34.3 Å². The minimum Gasteiger partial charge on any atom is -0.497 e. The van der Waals surface area contributed by atoms with Crippen LogP contribution in [0.1, 0.15) is 0 Å². The van der Waals surface area contributed by atoms with Gasteiger partial charge in [0.25, 0.3) is 0 Å². The highest BCUT2D eigenvalue weighted by Gasteiger charge is 2.19. The van der Waals surface area contributed by atoms with Crippen LogP contribution >= 0.6 is 11.8 Å². The van der Waals surface area contributed by atoms with E-state index in [2.05, 4.69) is 22.1 Å². The fraction of sp³-hybridized carbons (Fsp3) is 0.103. The van der Waals surface area contributed by atoms with Gasteiger partial charge in [-0.1, -0.05) is 72.4 Å². The predicted molar refractivity (Wildman–Crippen MR) is 149 cm³/mol. The van der Waals surface area contributed by atoms with Gasteiger partial charge in [-0.3, -0.25) is 9.36 Å². The molecule has 1 amide bonds. The summed E-state index contributed by atoms with van der Waals surface area (Å²) in [6.07, 6.45) is 1.80. The van der Waals surface area contributed by atoms with Crippen molar-refractivity contribution in [1.29, 1.82) is 0 Å². The summed E-state index contributed by atoms with van der Waals surface area (Å²) >= 11 is 1.33. The first-order valence-electron chi connectivity index (χ1n) is 11.7. The van der Waals surface area contributed by atoms with Crippen LogP contribution in [0.4, 0.5) is 5.69 Å². The molecule has 0 bridgehead atoms. The number of thioether (sulfide) groups is 1. The molecule has 5 rings (SSSR count). The number of hydrogen-bond acceptors (Lipinski definition) is 6. The minimum atomic E-state index is -0.145. The Morgan fingerprint density at radius 3 is 2.65 bits per heavy atom. The Morgan fingerprint density at radius 1 is 1.03 bits per heavy atom. The molecule has 2 aromatic heterocycles. The molecule has 184 valence electrons. The second-order valence-electron chi connectivity index (χ2n) is 8.21. The van der Waals surface area contributed by atoms with E-state index in [1.807, 2.05) is 83.4 Å². The number of aromatic nitrogens is 4. The number of carbonyl (C=O) groups excluding carboxylic acids is 1. The molecule has 0 atom stereocenters. The lowest BCUT2D eigenvalue weighted by atomic mass is 10.0. The average molecular weight is 508 g/mol. The largest absolute Gasteiger partial charge is 0.497 e. The van der Waals surface area contributed by atoms with Crippen molar-refractivity contribution in [1.82, 2.24) is 19.7 Å². The smallest absolute Gasteiger partial charge is 0.234 e. The zero-order valence-electron chi connectivity index (χ0n) is 20.3. The van der Waals surface area contributed by atoms with Crippen LogP contribution in [0.25, 0.3) is 33.5 Å². The number of anilines is 1. The number of nitrogens with zero attached hydrogens (tertiary/aromatic N) is 4. The highest BCUT2D eigenvalue weighted by Crippen LogP contribution is 2.33. The van der Waals surface area contributed by atoms with Crippen molar-refractivity contribution < 1.29 is 9.53 Å². The fourth-order valence-corrected chi connectivity index (χ4v) is 4.78. The molecule has 0 fully saturated rings. The molecule has 8 heteroatoms. The number of allylic oxidation sites excluding steroid dienone is 1. The number of ether oxygens (including phenoxy) is 1. The number of methoxy groups -OCH3 is 1. The van der Waals surface area contributed by atoms with E-state index < -0.39 is 0 Å². The first kappa shape index (κ1) is 24.3. The van der Waals surface area contributed by atoms with Gasteiger partial charge < -0.3 is 10.1 Å². The number of pyridine rings is 1. The molecule has 0 saturated carbocycles. The lowest BCUT2D eigenvalue weighted by molar-refractivity contribution is -0.113. The molecule has 0 aliphatic heterocycles. The molecule has 37 heavy (non-hydrogen) atoms. The Balaban J connectivity index is 1.46. The van der Waals surface area contributed by atoms with Crippen LogP contribution in [0.3, 0.4) is 0 Å². The van der Waals surface area contributed by atoms with Gasteiger partial charge in [0.1, 0.15) is 5.75 Å². The Labute approximate surface area is 219 Å². The highest BCUT2D eigenvalue weighted by atomic mass is 32.2. The summed E-state index contributed by atoms with van der Waals surface area (Å²) in [4.78, 5) is 17.5. The number of para-hydroxylation sites is 1. The zero-order valence-corrected chi connectivity index (χ0v) is 21.1. The summed E-state index contributed by atoms with van der Waals surface area (Å²) < 4.78 is 7.21. The van der Waals surface area contributed by atoms with E-state index in [-0.39, 0.29) is 11.7 Å². The van der Waals surface area contributed by atoms with E-state index >= 15 is 0 Å². The minimum absolute atomic E-state index is 0.145. The van der Waals surface area contributed by atoms with Gasteiger partial charge in [-0.2, -0.15) is 0 Å². The normalized spacial score (nSPS) is 10.8. The van der Waals surface area contributed by atoms with Crippen LogP contribution in [0.5, 0.6) is 5.75 Å². The molecule has 0 unspecified atom stereocenters. The summed E-state index contributed by atoms with van der Waals surface area (Å²) in [6.45, 7) is 4.42. The third-order valence-corrected chi connectivity index (χ3v) is 6.71. The van der Waals surface area contributed by atoms with Gasteiger partial charge in [0.05, 0.1) is 24.1 Å². The van der Waals surface area contributed by atoms with Gasteiger partial charge in [-0.25, -0.2) is 4.98 Å². The van der Waals surface area contributed by atoms with Crippen LogP contribution < -0.4 is 10.1 Å². The Morgan fingerprint density at radius 2 is 1.84 bits per heavy atom. The number of carbonyl (C=O) groups is 1. The maximum atomic E-state index is 12.6. The molecular formula is C29H25N5O2S. The molecule has 0 saturated heterocycles. The summed E-state index contributed by atoms with van der Waals surface area (Å²) in [5.41, 5.74) is 4.35. The highest BCUT2D eigenvalue weighted by molar-refractivity contribution is 7.99. The molecule has 7 nitrogen and oxygen atoms in total. The van der Waals surface area contributed by atoms with Crippen LogP contribution in [-0.2, 0) is 11.3 Å². The van der Waals surface area contributed by atoms with Crippen LogP contribution in [0, 0.1) is 0 Å². The lowest BCUT2D eigenvalue weighted by Gasteiger charge is -2.12. The van der Waals surface area contributed by atoms with E-state index in [9.17, 15) is 4.79 Å². The van der Waals surface area contributed by atoms with Crippen molar-refractivity contribution in [2.45, 2.75) is 11.7 Å². The van der Waals surface area contributed by atoms with Crippen LogP contribution in [0.15, 0.2) is 103 Å². The maximum absolute atomic E-state index is 12.6. The van der Waals surface area contributed by atoms with Crippen molar-refractivity contribution in [3.05, 3.63) is 97.6 Å². The van der Waals surface area contributed by atoms with E-state index in [4.69, 9.17) is 9.72 Å². The molecule has 0 aliphatic rings. The predicted octanol–water partition coefficient (Wildman–Crippen LogP) is 6.09. The van der Waals surface area contributed by atoms with Crippen molar-refractivity contribution in [3.63, 3.8) is 0 Å². The number of nitrogens with one attached hydrogen (secondary N) is 1. The third-order valence-electron chi connectivity index (χ3n) is 5.74. The quantitative estimate of drug-likeness (QED) is 0.192. The number of rotatable bonds is 9. The van der Waals surface area contributed by atoms with E-state index in [1.165, 1.54) is 11.8 Å². The molecule has 3 aromatic carbocycles. The second-order valence-corrected chi connectivity index (χ2v) is 9.15. The zero-order chi connectivity index (χ0) is 25.6. The Kier molecular flexibility index (Phi) is 7.28. The van der Waals surface area contributed by atoms with E-state index in [0.29, 0.717) is 29.0 Å². The van der Waals surface area contributed by atoms with Gasteiger partial charge >= 0.3 is 0 Å². The average Bonchev–Trinajstić information content (AvgIpc) is 3.34. The maximum Gasteiger partial charge on any atom is 0.234 e. The second kappa shape index (κ2) is 11.1. The third kappa shape index (κ3) is 5.39. The van der Waals surface area contributed by atoms with Gasteiger partial charge in [-0.05, 0) is 24.3 Å². The van der Waals surface area contributed by atoms with Crippen molar-refractivity contribution in [3.8, 4) is 28.4 Å². The number of hydrogen-bond donors (Lipinski definition) is 1. The molecule has 5 aromatic rings. The molecule has 0 aliphatic carbocycles.